The smallest absolute Gasteiger partial charge is 0.240 e. The van der Waals surface area contributed by atoms with Crippen LogP contribution in [-0.4, -0.2) is 67.0 Å². The zero-order chi connectivity index (χ0) is 16.5. The van der Waals surface area contributed by atoms with Crippen LogP contribution < -0.4 is 0 Å². The number of carbonyl (C=O) groups is 1. The Morgan fingerprint density at radius 2 is 1.86 bits per heavy atom. The van der Waals surface area contributed by atoms with Gasteiger partial charge in [0.1, 0.15) is 11.0 Å². The molecule has 2 heterocycles. The largest absolute Gasteiger partial charge is 0.361 e. The van der Waals surface area contributed by atoms with Crippen LogP contribution in [0.4, 0.5) is 0 Å². The maximum absolute atomic E-state index is 12.2. The maximum Gasteiger partial charge on any atom is 0.240 e. The molecule has 0 aromatic carbocycles. The van der Waals surface area contributed by atoms with E-state index in [1.807, 2.05) is 13.8 Å². The van der Waals surface area contributed by atoms with Crippen molar-refractivity contribution in [1.82, 2.24) is 15.0 Å². The minimum Gasteiger partial charge on any atom is -0.361 e. The number of hydrogen-bond acceptors (Lipinski definition) is 6. The fourth-order valence-electron chi connectivity index (χ4n) is 2.52. The molecule has 1 fully saturated rings. The molecule has 0 spiro atoms. The van der Waals surface area contributed by atoms with E-state index in [2.05, 4.69) is 10.1 Å². The van der Waals surface area contributed by atoms with Crippen molar-refractivity contribution in [2.24, 2.45) is 0 Å². The Hall–Kier alpha value is -1.41. The second-order valence-electron chi connectivity index (χ2n) is 5.88. The van der Waals surface area contributed by atoms with E-state index in [0.717, 1.165) is 29.8 Å². The predicted octanol–water partition coefficient (Wildman–Crippen LogP) is 0.369. The van der Waals surface area contributed by atoms with Gasteiger partial charge in [-0.3, -0.25) is 9.69 Å². The molecular formula is C14H23N3O4S. The summed E-state index contributed by atoms with van der Waals surface area (Å²) in [6.45, 7) is 8.52. The highest BCUT2D eigenvalue weighted by molar-refractivity contribution is 7.92. The van der Waals surface area contributed by atoms with Gasteiger partial charge in [0.05, 0.1) is 5.69 Å². The summed E-state index contributed by atoms with van der Waals surface area (Å²) in [5, 5.41) is 2.97. The van der Waals surface area contributed by atoms with Crippen LogP contribution in [0.3, 0.4) is 0 Å². The average molecular weight is 329 g/mol. The number of nitrogens with zero attached hydrogens (tertiary/aromatic N) is 3. The molecule has 8 heteroatoms. The van der Waals surface area contributed by atoms with E-state index in [-0.39, 0.29) is 5.91 Å². The molecule has 1 aromatic rings. The van der Waals surface area contributed by atoms with Gasteiger partial charge in [0.15, 0.2) is 9.84 Å². The first-order valence-corrected chi connectivity index (χ1v) is 9.27. The molecule has 1 saturated heterocycles. The molecule has 7 nitrogen and oxygen atoms in total. The third-order valence-corrected chi connectivity index (χ3v) is 5.72. The minimum atomic E-state index is -3.34. The Morgan fingerprint density at radius 1 is 1.27 bits per heavy atom. The van der Waals surface area contributed by atoms with Crippen molar-refractivity contribution in [3.8, 4) is 0 Å². The van der Waals surface area contributed by atoms with Gasteiger partial charge in [0.2, 0.25) is 5.91 Å². The summed E-state index contributed by atoms with van der Waals surface area (Å²) >= 11 is 0. The van der Waals surface area contributed by atoms with E-state index < -0.39 is 15.1 Å². The van der Waals surface area contributed by atoms with Gasteiger partial charge < -0.3 is 9.42 Å². The average Bonchev–Trinajstić information content (AvgIpc) is 2.77. The van der Waals surface area contributed by atoms with E-state index in [1.54, 1.807) is 4.90 Å². The van der Waals surface area contributed by atoms with Gasteiger partial charge in [-0.15, -0.1) is 0 Å². The number of rotatable bonds is 4. The topological polar surface area (TPSA) is 83.7 Å². The standard InChI is InChI=1S/C14H23N3O4S/c1-10-13(11(2)21-15-10)9-16-5-7-17(8-6-16)14(18)12(3)22(4,19)20/h12H,5-9H2,1-4H3. The van der Waals surface area contributed by atoms with Gasteiger partial charge in [0.25, 0.3) is 0 Å². The van der Waals surface area contributed by atoms with Crippen LogP contribution >= 0.6 is 0 Å². The zero-order valence-corrected chi connectivity index (χ0v) is 14.3. The van der Waals surface area contributed by atoms with Crippen molar-refractivity contribution in [2.45, 2.75) is 32.6 Å². The maximum atomic E-state index is 12.2. The quantitative estimate of drug-likeness (QED) is 0.793. The fourth-order valence-corrected chi connectivity index (χ4v) is 3.03. The third kappa shape index (κ3) is 3.67. The van der Waals surface area contributed by atoms with Crippen LogP contribution in [0.5, 0.6) is 0 Å². The molecule has 1 aromatic heterocycles. The van der Waals surface area contributed by atoms with Crippen molar-refractivity contribution in [2.75, 3.05) is 32.4 Å². The van der Waals surface area contributed by atoms with E-state index >= 15 is 0 Å². The number of hydrogen-bond donors (Lipinski definition) is 0. The summed E-state index contributed by atoms with van der Waals surface area (Å²) in [5.41, 5.74) is 1.98. The lowest BCUT2D eigenvalue weighted by Gasteiger charge is -2.35. The lowest BCUT2D eigenvalue weighted by atomic mass is 10.1. The van der Waals surface area contributed by atoms with Gasteiger partial charge in [-0.05, 0) is 20.8 Å². The summed E-state index contributed by atoms with van der Waals surface area (Å²) < 4.78 is 28.1. The summed E-state index contributed by atoms with van der Waals surface area (Å²) in [7, 11) is -3.34. The number of sulfone groups is 1. The number of carbonyl (C=O) groups excluding carboxylic acids is 1. The van der Waals surface area contributed by atoms with Gasteiger partial charge in [-0.1, -0.05) is 5.16 Å². The van der Waals surface area contributed by atoms with Crippen molar-refractivity contribution < 1.29 is 17.7 Å². The van der Waals surface area contributed by atoms with E-state index in [9.17, 15) is 13.2 Å². The molecule has 1 amide bonds. The second-order valence-corrected chi connectivity index (χ2v) is 8.24. The molecule has 124 valence electrons. The van der Waals surface area contributed by atoms with Crippen molar-refractivity contribution in [1.29, 1.82) is 0 Å². The number of piperazine rings is 1. The summed E-state index contributed by atoms with van der Waals surface area (Å²) in [6, 6.07) is 0. The predicted molar refractivity (Wildman–Crippen MR) is 82.1 cm³/mol. The van der Waals surface area contributed by atoms with Crippen LogP contribution in [0, 0.1) is 13.8 Å². The lowest BCUT2D eigenvalue weighted by molar-refractivity contribution is -0.132. The number of amides is 1. The highest BCUT2D eigenvalue weighted by atomic mass is 32.2. The van der Waals surface area contributed by atoms with Crippen LogP contribution in [0.15, 0.2) is 4.52 Å². The summed E-state index contributed by atoms with van der Waals surface area (Å²) in [4.78, 5) is 16.0. The minimum absolute atomic E-state index is 0.306. The molecule has 22 heavy (non-hydrogen) atoms. The Bertz CT molecular complexity index is 626. The van der Waals surface area contributed by atoms with Crippen LogP contribution in [0.25, 0.3) is 0 Å². The lowest BCUT2D eigenvalue weighted by Crippen LogP contribution is -2.51. The van der Waals surface area contributed by atoms with Crippen LogP contribution in [-0.2, 0) is 21.2 Å². The normalized spacial score (nSPS) is 18.5. The molecule has 0 N–H and O–H groups in total. The molecule has 0 saturated carbocycles. The highest BCUT2D eigenvalue weighted by Gasteiger charge is 2.30. The second kappa shape index (κ2) is 6.37. The Balaban J connectivity index is 1.92. The molecule has 1 aliphatic heterocycles. The SMILES string of the molecule is Cc1noc(C)c1CN1CCN(C(=O)C(C)S(C)(=O)=O)CC1. The summed E-state index contributed by atoms with van der Waals surface area (Å²) in [5.74, 6) is 0.515. The van der Waals surface area contributed by atoms with Gasteiger partial charge >= 0.3 is 0 Å². The van der Waals surface area contributed by atoms with Crippen molar-refractivity contribution in [3.63, 3.8) is 0 Å². The number of aromatic nitrogens is 1. The fraction of sp³-hybridized carbons (Fsp3) is 0.714. The van der Waals surface area contributed by atoms with E-state index in [1.165, 1.54) is 6.92 Å². The van der Waals surface area contributed by atoms with Gasteiger partial charge in [-0.2, -0.15) is 0 Å². The molecule has 0 aliphatic carbocycles. The first-order chi connectivity index (χ1) is 10.2. The molecule has 0 radical (unpaired) electrons. The number of aryl methyl sites for hydroxylation is 2. The van der Waals surface area contributed by atoms with E-state index in [0.29, 0.717) is 26.2 Å². The first kappa shape index (κ1) is 17.0. The first-order valence-electron chi connectivity index (χ1n) is 7.32. The molecule has 0 bridgehead atoms. The molecule has 2 rings (SSSR count). The van der Waals surface area contributed by atoms with Crippen molar-refractivity contribution >= 4 is 15.7 Å². The van der Waals surface area contributed by atoms with Crippen LogP contribution in [0.2, 0.25) is 0 Å². The van der Waals surface area contributed by atoms with Gasteiger partial charge in [-0.25, -0.2) is 8.42 Å². The Morgan fingerprint density at radius 3 is 2.32 bits per heavy atom. The molecular weight excluding hydrogens is 306 g/mol. The Kier molecular flexibility index (Phi) is 4.91. The van der Waals surface area contributed by atoms with Gasteiger partial charge in [0, 0.05) is 44.5 Å². The molecule has 1 atom stereocenters. The van der Waals surface area contributed by atoms with Crippen molar-refractivity contribution in [3.05, 3.63) is 17.0 Å². The zero-order valence-electron chi connectivity index (χ0n) is 13.5. The molecule has 1 unspecified atom stereocenters. The van der Waals surface area contributed by atoms with E-state index in [4.69, 9.17) is 4.52 Å². The monoisotopic (exact) mass is 329 g/mol. The third-order valence-electron chi connectivity index (χ3n) is 4.24. The highest BCUT2D eigenvalue weighted by Crippen LogP contribution is 2.16. The summed E-state index contributed by atoms with van der Waals surface area (Å²) in [6.07, 6.45) is 1.10. The Labute approximate surface area is 131 Å². The van der Waals surface area contributed by atoms with Crippen LogP contribution in [0.1, 0.15) is 23.9 Å². The molecule has 1 aliphatic rings.